The Kier molecular flexibility index (Phi) is 5.50. The number of carbonyl (C=O) groups excluding carboxylic acids is 2. The summed E-state index contributed by atoms with van der Waals surface area (Å²) >= 11 is 0. The first-order chi connectivity index (χ1) is 12.4. The number of amides is 2. The average Bonchev–Trinajstić information content (AvgIpc) is 3.26. The Morgan fingerprint density at radius 1 is 1.15 bits per heavy atom. The SMILES string of the molecule is CN(C)CC(=O)N1CCC(Nc2ccn(C)n2)(C(=O)N2CCCC2)CC1. The van der Waals surface area contributed by atoms with Crippen LogP contribution in [0, 0.1) is 0 Å². The lowest BCUT2D eigenvalue weighted by Gasteiger charge is -2.43. The second-order valence-corrected chi connectivity index (χ2v) is 7.70. The first-order valence-electron chi connectivity index (χ1n) is 9.39. The van der Waals surface area contributed by atoms with Crippen molar-refractivity contribution < 1.29 is 9.59 Å². The summed E-state index contributed by atoms with van der Waals surface area (Å²) in [6.45, 7) is 3.24. The molecule has 3 heterocycles. The number of aromatic nitrogens is 2. The van der Waals surface area contributed by atoms with Crippen LogP contribution in [0.1, 0.15) is 25.7 Å². The van der Waals surface area contributed by atoms with E-state index in [1.165, 1.54) is 0 Å². The average molecular weight is 362 g/mol. The largest absolute Gasteiger partial charge is 0.354 e. The van der Waals surface area contributed by atoms with Gasteiger partial charge in [-0.25, -0.2) is 0 Å². The Hall–Kier alpha value is -2.09. The molecule has 0 atom stereocenters. The van der Waals surface area contributed by atoms with Crippen molar-refractivity contribution in [3.63, 3.8) is 0 Å². The van der Waals surface area contributed by atoms with Crippen molar-refractivity contribution in [3.8, 4) is 0 Å². The van der Waals surface area contributed by atoms with Gasteiger partial charge in [-0.3, -0.25) is 14.3 Å². The molecular weight excluding hydrogens is 332 g/mol. The maximum atomic E-state index is 13.3. The minimum atomic E-state index is -0.673. The molecule has 0 unspecified atom stereocenters. The fourth-order valence-corrected chi connectivity index (χ4v) is 3.85. The molecule has 2 aliphatic heterocycles. The van der Waals surface area contributed by atoms with E-state index >= 15 is 0 Å². The quantitative estimate of drug-likeness (QED) is 0.820. The van der Waals surface area contributed by atoms with Crippen LogP contribution in [0.2, 0.25) is 0 Å². The van der Waals surface area contributed by atoms with Crippen LogP contribution in [0.4, 0.5) is 5.82 Å². The molecule has 2 amide bonds. The molecule has 8 heteroatoms. The number of hydrogen-bond donors (Lipinski definition) is 1. The zero-order valence-corrected chi connectivity index (χ0v) is 16.1. The highest BCUT2D eigenvalue weighted by molar-refractivity contribution is 5.90. The van der Waals surface area contributed by atoms with E-state index in [1.54, 1.807) is 4.68 Å². The second-order valence-electron chi connectivity index (χ2n) is 7.70. The molecule has 0 saturated carbocycles. The number of likely N-dealkylation sites (tertiary alicyclic amines) is 2. The number of rotatable bonds is 5. The van der Waals surface area contributed by atoms with Gasteiger partial charge >= 0.3 is 0 Å². The van der Waals surface area contributed by atoms with Crippen LogP contribution in [-0.4, -0.2) is 88.7 Å². The summed E-state index contributed by atoms with van der Waals surface area (Å²) in [5.41, 5.74) is -0.673. The van der Waals surface area contributed by atoms with Crippen LogP contribution >= 0.6 is 0 Å². The normalized spacial score (nSPS) is 19.8. The smallest absolute Gasteiger partial charge is 0.248 e. The lowest BCUT2D eigenvalue weighted by Crippen LogP contribution is -2.60. The Labute approximate surface area is 155 Å². The number of carbonyl (C=O) groups is 2. The number of nitrogens with one attached hydrogen (secondary N) is 1. The molecule has 2 fully saturated rings. The van der Waals surface area contributed by atoms with Gasteiger partial charge in [-0.2, -0.15) is 5.10 Å². The molecule has 1 N–H and O–H groups in total. The molecule has 8 nitrogen and oxygen atoms in total. The zero-order valence-electron chi connectivity index (χ0n) is 16.1. The van der Waals surface area contributed by atoms with Gasteiger partial charge in [0.25, 0.3) is 0 Å². The third kappa shape index (κ3) is 4.00. The highest BCUT2D eigenvalue weighted by Crippen LogP contribution is 2.30. The lowest BCUT2D eigenvalue weighted by molar-refractivity contribution is -0.140. The van der Waals surface area contributed by atoms with Crippen molar-refractivity contribution in [2.45, 2.75) is 31.2 Å². The number of nitrogens with zero attached hydrogens (tertiary/aromatic N) is 5. The Morgan fingerprint density at radius 3 is 2.35 bits per heavy atom. The maximum absolute atomic E-state index is 13.3. The fourth-order valence-electron chi connectivity index (χ4n) is 3.85. The summed E-state index contributed by atoms with van der Waals surface area (Å²) in [7, 11) is 5.65. The predicted octanol–water partition coefficient (Wildman–Crippen LogP) is 0.377. The van der Waals surface area contributed by atoms with Crippen molar-refractivity contribution in [1.82, 2.24) is 24.5 Å². The van der Waals surface area contributed by atoms with Gasteiger partial charge in [0.05, 0.1) is 6.54 Å². The maximum Gasteiger partial charge on any atom is 0.248 e. The minimum Gasteiger partial charge on any atom is -0.354 e. The molecule has 1 aromatic heterocycles. The topological polar surface area (TPSA) is 73.7 Å². The van der Waals surface area contributed by atoms with Crippen LogP contribution in [0.25, 0.3) is 0 Å². The van der Waals surface area contributed by atoms with Crippen molar-refractivity contribution in [2.75, 3.05) is 52.1 Å². The summed E-state index contributed by atoms with van der Waals surface area (Å²) in [5, 5.41) is 7.82. The number of aryl methyl sites for hydroxylation is 1. The molecule has 0 bridgehead atoms. The number of anilines is 1. The lowest BCUT2D eigenvalue weighted by atomic mass is 9.85. The number of likely N-dealkylation sites (N-methyl/N-ethyl adjacent to an activating group) is 1. The Balaban J connectivity index is 1.74. The van der Waals surface area contributed by atoms with E-state index in [0.29, 0.717) is 38.3 Å². The molecule has 0 aliphatic carbocycles. The minimum absolute atomic E-state index is 0.120. The second kappa shape index (κ2) is 7.65. The molecule has 3 rings (SSSR count). The molecule has 26 heavy (non-hydrogen) atoms. The van der Waals surface area contributed by atoms with E-state index in [1.807, 2.05) is 48.1 Å². The monoisotopic (exact) mass is 362 g/mol. The van der Waals surface area contributed by atoms with Gasteiger partial charge in [0.2, 0.25) is 11.8 Å². The van der Waals surface area contributed by atoms with Gasteiger partial charge in [0, 0.05) is 45.5 Å². The van der Waals surface area contributed by atoms with Crippen molar-refractivity contribution in [1.29, 1.82) is 0 Å². The van der Waals surface area contributed by atoms with Gasteiger partial charge in [-0.05, 0) is 39.8 Å². The standard InChI is InChI=1S/C18H30N6O2/c1-21(2)14-16(25)23-12-7-18(8-13-23,17(26)24-9-4-5-10-24)19-15-6-11-22(3)20-15/h6,11H,4-5,7-10,12-14H2,1-3H3,(H,19,20). The van der Waals surface area contributed by atoms with E-state index in [0.717, 1.165) is 25.9 Å². The van der Waals surface area contributed by atoms with E-state index in [-0.39, 0.29) is 11.8 Å². The number of hydrogen-bond acceptors (Lipinski definition) is 5. The van der Waals surface area contributed by atoms with E-state index < -0.39 is 5.54 Å². The third-order valence-electron chi connectivity index (χ3n) is 5.30. The summed E-state index contributed by atoms with van der Waals surface area (Å²) in [4.78, 5) is 31.4. The molecule has 2 aliphatic rings. The van der Waals surface area contributed by atoms with Crippen LogP contribution in [0.15, 0.2) is 12.3 Å². The van der Waals surface area contributed by atoms with Crippen LogP contribution < -0.4 is 5.32 Å². The summed E-state index contributed by atoms with van der Waals surface area (Å²) < 4.78 is 1.73. The van der Waals surface area contributed by atoms with E-state index in [9.17, 15) is 9.59 Å². The van der Waals surface area contributed by atoms with Crippen molar-refractivity contribution in [3.05, 3.63) is 12.3 Å². The van der Waals surface area contributed by atoms with E-state index in [4.69, 9.17) is 0 Å². The molecule has 1 aromatic rings. The van der Waals surface area contributed by atoms with Crippen LogP contribution in [-0.2, 0) is 16.6 Å². The Morgan fingerprint density at radius 2 is 1.81 bits per heavy atom. The van der Waals surface area contributed by atoms with Gasteiger partial charge in [-0.1, -0.05) is 0 Å². The van der Waals surface area contributed by atoms with Gasteiger partial charge in [0.15, 0.2) is 0 Å². The highest BCUT2D eigenvalue weighted by atomic mass is 16.2. The van der Waals surface area contributed by atoms with Gasteiger partial charge in [-0.15, -0.1) is 0 Å². The van der Waals surface area contributed by atoms with Crippen LogP contribution in [0.3, 0.4) is 0 Å². The molecule has 0 spiro atoms. The summed E-state index contributed by atoms with van der Waals surface area (Å²) in [5.74, 6) is 0.989. The predicted molar refractivity (Wildman–Crippen MR) is 99.7 cm³/mol. The molecule has 144 valence electrons. The van der Waals surface area contributed by atoms with Crippen LogP contribution in [0.5, 0.6) is 0 Å². The summed E-state index contributed by atoms with van der Waals surface area (Å²) in [6.07, 6.45) is 5.22. The molecule has 2 saturated heterocycles. The van der Waals surface area contributed by atoms with Gasteiger partial charge in [0.1, 0.15) is 11.4 Å². The fraction of sp³-hybridized carbons (Fsp3) is 0.722. The summed E-state index contributed by atoms with van der Waals surface area (Å²) in [6, 6.07) is 1.89. The first-order valence-corrected chi connectivity index (χ1v) is 9.39. The molecule has 0 radical (unpaired) electrons. The van der Waals surface area contributed by atoms with Crippen molar-refractivity contribution >= 4 is 17.6 Å². The Bertz CT molecular complexity index is 642. The van der Waals surface area contributed by atoms with Gasteiger partial charge < -0.3 is 20.0 Å². The number of piperidine rings is 1. The molecular formula is C18H30N6O2. The third-order valence-corrected chi connectivity index (χ3v) is 5.30. The highest BCUT2D eigenvalue weighted by Gasteiger charge is 2.45. The van der Waals surface area contributed by atoms with Crippen molar-refractivity contribution in [2.24, 2.45) is 7.05 Å². The zero-order chi connectivity index (χ0) is 18.7. The molecule has 0 aromatic carbocycles. The first kappa shape index (κ1) is 18.7. The van der Waals surface area contributed by atoms with E-state index in [2.05, 4.69) is 10.4 Å².